The van der Waals surface area contributed by atoms with Gasteiger partial charge in [0, 0.05) is 51.2 Å². The van der Waals surface area contributed by atoms with Crippen molar-refractivity contribution < 1.29 is 0 Å². The number of nitrogens with zero attached hydrogens (tertiary/aromatic N) is 4. The fourth-order valence-electron chi connectivity index (χ4n) is 2.99. The minimum absolute atomic E-state index is 0.404. The molecule has 0 spiro atoms. The van der Waals surface area contributed by atoms with E-state index in [0.717, 1.165) is 38.5 Å². The lowest BCUT2D eigenvalue weighted by Gasteiger charge is -2.39. The van der Waals surface area contributed by atoms with Crippen molar-refractivity contribution in [3.8, 4) is 0 Å². The van der Waals surface area contributed by atoms with E-state index < -0.39 is 0 Å². The van der Waals surface area contributed by atoms with Gasteiger partial charge in [0.1, 0.15) is 0 Å². The minimum Gasteiger partial charge on any atom is -0.338 e. The van der Waals surface area contributed by atoms with Gasteiger partial charge < -0.3 is 10.6 Å². The molecule has 0 radical (unpaired) electrons. The number of hydrogen-bond acceptors (Lipinski definition) is 5. The minimum atomic E-state index is 0.404. The van der Waals surface area contributed by atoms with Crippen molar-refractivity contribution >= 4 is 5.95 Å². The van der Waals surface area contributed by atoms with Crippen molar-refractivity contribution in [3.63, 3.8) is 0 Å². The van der Waals surface area contributed by atoms with E-state index in [0.29, 0.717) is 12.6 Å². The zero-order chi connectivity index (χ0) is 15.2. The third-order valence-corrected chi connectivity index (χ3v) is 4.25. The molecular weight excluding hydrogens is 274 g/mol. The van der Waals surface area contributed by atoms with E-state index in [4.69, 9.17) is 5.73 Å². The molecule has 1 fully saturated rings. The molecule has 1 aliphatic heterocycles. The maximum atomic E-state index is 6.02. The van der Waals surface area contributed by atoms with Gasteiger partial charge in [-0.25, -0.2) is 9.97 Å². The Hall–Kier alpha value is -1.98. The summed E-state index contributed by atoms with van der Waals surface area (Å²) in [6.45, 7) is 4.61. The maximum Gasteiger partial charge on any atom is 0.225 e. The largest absolute Gasteiger partial charge is 0.338 e. The monoisotopic (exact) mass is 297 g/mol. The topological polar surface area (TPSA) is 58.3 Å². The Labute approximate surface area is 131 Å². The highest BCUT2D eigenvalue weighted by Gasteiger charge is 2.24. The number of hydrogen-bond donors (Lipinski definition) is 1. The summed E-state index contributed by atoms with van der Waals surface area (Å²) >= 11 is 0. The average molecular weight is 297 g/mol. The molecule has 22 heavy (non-hydrogen) atoms. The number of benzene rings is 1. The molecule has 1 saturated heterocycles. The van der Waals surface area contributed by atoms with Crippen LogP contribution in [0.15, 0.2) is 48.8 Å². The van der Waals surface area contributed by atoms with Crippen LogP contribution in [0.2, 0.25) is 0 Å². The van der Waals surface area contributed by atoms with Crippen LogP contribution >= 0.6 is 0 Å². The lowest BCUT2D eigenvalue weighted by Crippen LogP contribution is -2.53. The van der Waals surface area contributed by atoms with Gasteiger partial charge in [0.15, 0.2) is 0 Å². The summed E-state index contributed by atoms with van der Waals surface area (Å²) in [5.41, 5.74) is 7.37. The van der Waals surface area contributed by atoms with Crippen molar-refractivity contribution in [2.45, 2.75) is 12.5 Å². The van der Waals surface area contributed by atoms with E-state index in [-0.39, 0.29) is 0 Å². The molecule has 1 aromatic carbocycles. The van der Waals surface area contributed by atoms with Gasteiger partial charge in [-0.15, -0.1) is 0 Å². The second-order valence-corrected chi connectivity index (χ2v) is 5.65. The Balaban J connectivity index is 1.57. The van der Waals surface area contributed by atoms with Gasteiger partial charge in [-0.05, 0) is 18.1 Å². The molecule has 0 saturated carbocycles. The van der Waals surface area contributed by atoms with E-state index in [2.05, 4.69) is 50.1 Å². The van der Waals surface area contributed by atoms with Crippen molar-refractivity contribution in [1.29, 1.82) is 0 Å². The number of piperazine rings is 1. The van der Waals surface area contributed by atoms with Crippen LogP contribution in [0.1, 0.15) is 5.56 Å². The molecule has 1 unspecified atom stereocenters. The molecule has 0 amide bonds. The summed E-state index contributed by atoms with van der Waals surface area (Å²) in [4.78, 5) is 13.4. The van der Waals surface area contributed by atoms with Crippen molar-refractivity contribution in [3.05, 3.63) is 54.4 Å². The van der Waals surface area contributed by atoms with Gasteiger partial charge in [0.05, 0.1) is 0 Å². The van der Waals surface area contributed by atoms with Crippen LogP contribution in [0.5, 0.6) is 0 Å². The lowest BCUT2D eigenvalue weighted by atomic mass is 10.0. The molecule has 2 N–H and O–H groups in total. The van der Waals surface area contributed by atoms with Crippen LogP contribution in [-0.4, -0.2) is 53.6 Å². The van der Waals surface area contributed by atoms with Gasteiger partial charge in [0.2, 0.25) is 5.95 Å². The predicted octanol–water partition coefficient (Wildman–Crippen LogP) is 1.17. The molecule has 3 rings (SSSR count). The fraction of sp³-hybridized carbons (Fsp3) is 0.412. The third kappa shape index (κ3) is 3.61. The number of rotatable bonds is 5. The zero-order valence-corrected chi connectivity index (χ0v) is 12.8. The van der Waals surface area contributed by atoms with Crippen LogP contribution in [-0.2, 0) is 6.42 Å². The molecular formula is C17H23N5. The van der Waals surface area contributed by atoms with Gasteiger partial charge in [-0.3, -0.25) is 4.90 Å². The highest BCUT2D eigenvalue weighted by molar-refractivity contribution is 5.29. The molecule has 5 nitrogen and oxygen atoms in total. The number of aromatic nitrogens is 2. The Kier molecular flexibility index (Phi) is 4.98. The second-order valence-electron chi connectivity index (χ2n) is 5.65. The molecule has 2 aromatic rings. The Bertz CT molecular complexity index is 552. The Morgan fingerprint density at radius 3 is 2.27 bits per heavy atom. The number of nitrogens with two attached hydrogens (primary N) is 1. The quantitative estimate of drug-likeness (QED) is 0.898. The van der Waals surface area contributed by atoms with Crippen molar-refractivity contribution in [2.75, 3.05) is 37.6 Å². The highest BCUT2D eigenvalue weighted by Crippen LogP contribution is 2.14. The fourth-order valence-corrected chi connectivity index (χ4v) is 2.99. The summed E-state index contributed by atoms with van der Waals surface area (Å²) in [6, 6.07) is 12.8. The molecule has 5 heteroatoms. The van der Waals surface area contributed by atoms with Crippen LogP contribution in [0.25, 0.3) is 0 Å². The molecule has 116 valence electrons. The third-order valence-electron chi connectivity index (χ3n) is 4.25. The van der Waals surface area contributed by atoms with Gasteiger partial charge in [0.25, 0.3) is 0 Å². The van der Waals surface area contributed by atoms with E-state index in [1.807, 2.05) is 6.07 Å². The molecule has 1 aromatic heterocycles. The highest BCUT2D eigenvalue weighted by atomic mass is 15.3. The zero-order valence-electron chi connectivity index (χ0n) is 12.8. The molecule has 0 bridgehead atoms. The number of anilines is 1. The maximum absolute atomic E-state index is 6.02. The first-order chi connectivity index (χ1) is 10.9. The van der Waals surface area contributed by atoms with Gasteiger partial charge >= 0.3 is 0 Å². The lowest BCUT2D eigenvalue weighted by molar-refractivity contribution is 0.187. The summed E-state index contributed by atoms with van der Waals surface area (Å²) in [5, 5.41) is 0. The first-order valence-corrected chi connectivity index (χ1v) is 7.87. The summed E-state index contributed by atoms with van der Waals surface area (Å²) in [5.74, 6) is 0.828. The smallest absolute Gasteiger partial charge is 0.225 e. The van der Waals surface area contributed by atoms with Crippen LogP contribution in [0.4, 0.5) is 5.95 Å². The van der Waals surface area contributed by atoms with Gasteiger partial charge in [-0.1, -0.05) is 30.3 Å². The molecule has 1 atom stereocenters. The standard InChI is InChI=1S/C17H23N5/c18-14-16(13-15-5-2-1-3-6-15)21-9-11-22(12-10-21)17-19-7-4-8-20-17/h1-8,16H,9-14,18H2. The molecule has 1 aliphatic rings. The Morgan fingerprint density at radius 1 is 0.955 bits per heavy atom. The van der Waals surface area contributed by atoms with Crippen LogP contribution in [0, 0.1) is 0 Å². The molecule has 0 aliphatic carbocycles. The Morgan fingerprint density at radius 2 is 1.64 bits per heavy atom. The van der Waals surface area contributed by atoms with Crippen molar-refractivity contribution in [1.82, 2.24) is 14.9 Å². The van der Waals surface area contributed by atoms with E-state index in [1.54, 1.807) is 12.4 Å². The average Bonchev–Trinajstić information content (AvgIpc) is 2.61. The van der Waals surface area contributed by atoms with Crippen molar-refractivity contribution in [2.24, 2.45) is 5.73 Å². The van der Waals surface area contributed by atoms with Crippen LogP contribution in [0.3, 0.4) is 0 Å². The first kappa shape index (κ1) is 14.9. The summed E-state index contributed by atoms with van der Waals surface area (Å²) in [6.07, 6.45) is 4.61. The second kappa shape index (κ2) is 7.33. The van der Waals surface area contributed by atoms with E-state index in [1.165, 1.54) is 5.56 Å². The van der Waals surface area contributed by atoms with Gasteiger partial charge in [-0.2, -0.15) is 0 Å². The SMILES string of the molecule is NCC(Cc1ccccc1)N1CCN(c2ncccn2)CC1. The normalized spacial score (nSPS) is 17.4. The van der Waals surface area contributed by atoms with E-state index in [9.17, 15) is 0 Å². The summed E-state index contributed by atoms with van der Waals surface area (Å²) in [7, 11) is 0. The first-order valence-electron chi connectivity index (χ1n) is 7.87. The van der Waals surface area contributed by atoms with E-state index >= 15 is 0 Å². The van der Waals surface area contributed by atoms with Crippen LogP contribution < -0.4 is 10.6 Å². The summed E-state index contributed by atoms with van der Waals surface area (Å²) < 4.78 is 0. The molecule has 2 heterocycles. The predicted molar refractivity (Wildman–Crippen MR) is 88.8 cm³/mol.